The Morgan fingerprint density at radius 1 is 1.17 bits per heavy atom. The lowest BCUT2D eigenvalue weighted by molar-refractivity contribution is 0.0977. The third-order valence-corrected chi connectivity index (χ3v) is 3.16. The monoisotopic (exact) mass is 248 g/mol. The Morgan fingerprint density at radius 2 is 2.06 bits per heavy atom. The number of benzene rings is 1. The van der Waals surface area contributed by atoms with Gasteiger partial charge in [-0.2, -0.15) is 0 Å². The number of carbonyl (C=O) groups excluding carboxylic acids is 1. The van der Waals surface area contributed by atoms with Crippen LogP contribution in [0.15, 0.2) is 18.2 Å². The van der Waals surface area contributed by atoms with Gasteiger partial charge in [-0.15, -0.1) is 0 Å². The Balaban J connectivity index is 1.82. The molecule has 0 unspecified atom stereocenters. The molecule has 0 aromatic heterocycles. The second-order valence-corrected chi connectivity index (χ2v) is 4.52. The van der Waals surface area contributed by atoms with Gasteiger partial charge in [0.1, 0.15) is 12.4 Å². The molecule has 0 atom stereocenters. The summed E-state index contributed by atoms with van der Waals surface area (Å²) in [5.41, 5.74) is 1.90. The van der Waals surface area contributed by atoms with Crippen LogP contribution in [0.5, 0.6) is 5.75 Å². The maximum absolute atomic E-state index is 11.6. The molecule has 1 aromatic rings. The third kappa shape index (κ3) is 3.10. The summed E-state index contributed by atoms with van der Waals surface area (Å²) in [6.45, 7) is 4.10. The molecule has 3 nitrogen and oxygen atoms in total. The summed E-state index contributed by atoms with van der Waals surface area (Å²) >= 11 is 0. The standard InChI is InChI=1S/C15H20O3/c1-2-3-9-17-10-11-18-15-6-4-5-12-13(15)7-8-14(12)16/h4-6H,2-3,7-11H2,1H3. The van der Waals surface area contributed by atoms with Gasteiger partial charge in [-0.1, -0.05) is 25.5 Å². The molecule has 0 aliphatic heterocycles. The van der Waals surface area contributed by atoms with Crippen molar-refractivity contribution in [3.8, 4) is 5.75 Å². The maximum atomic E-state index is 11.6. The van der Waals surface area contributed by atoms with Crippen LogP contribution in [-0.4, -0.2) is 25.6 Å². The van der Waals surface area contributed by atoms with E-state index in [0.29, 0.717) is 19.6 Å². The normalized spacial score (nSPS) is 13.7. The molecule has 0 bridgehead atoms. The first-order chi connectivity index (χ1) is 8.83. The Kier molecular flexibility index (Phi) is 4.76. The lowest BCUT2D eigenvalue weighted by Crippen LogP contribution is -2.08. The molecule has 1 aliphatic rings. The molecule has 0 saturated carbocycles. The topological polar surface area (TPSA) is 35.5 Å². The van der Waals surface area contributed by atoms with E-state index in [1.807, 2.05) is 18.2 Å². The van der Waals surface area contributed by atoms with Crippen molar-refractivity contribution in [2.75, 3.05) is 19.8 Å². The average molecular weight is 248 g/mol. The summed E-state index contributed by atoms with van der Waals surface area (Å²) in [4.78, 5) is 11.6. The van der Waals surface area contributed by atoms with Crippen molar-refractivity contribution >= 4 is 5.78 Å². The van der Waals surface area contributed by atoms with Crippen molar-refractivity contribution < 1.29 is 14.3 Å². The smallest absolute Gasteiger partial charge is 0.163 e. The number of unbranched alkanes of at least 4 members (excludes halogenated alkanes) is 1. The van der Waals surface area contributed by atoms with Crippen molar-refractivity contribution in [1.29, 1.82) is 0 Å². The van der Waals surface area contributed by atoms with Crippen LogP contribution in [0.3, 0.4) is 0 Å². The van der Waals surface area contributed by atoms with Crippen LogP contribution < -0.4 is 4.74 Å². The molecule has 18 heavy (non-hydrogen) atoms. The van der Waals surface area contributed by atoms with Gasteiger partial charge in [0.05, 0.1) is 6.61 Å². The van der Waals surface area contributed by atoms with Crippen molar-refractivity contribution in [3.63, 3.8) is 0 Å². The van der Waals surface area contributed by atoms with Gasteiger partial charge in [-0.3, -0.25) is 4.79 Å². The second-order valence-electron chi connectivity index (χ2n) is 4.52. The number of Topliss-reactive ketones (excluding diaryl/α,β-unsaturated/α-hetero) is 1. The van der Waals surface area contributed by atoms with E-state index in [0.717, 1.165) is 42.7 Å². The molecule has 0 heterocycles. The van der Waals surface area contributed by atoms with E-state index < -0.39 is 0 Å². The molecule has 0 radical (unpaired) electrons. The van der Waals surface area contributed by atoms with E-state index in [1.54, 1.807) is 0 Å². The number of hydrogen-bond donors (Lipinski definition) is 0. The van der Waals surface area contributed by atoms with Crippen molar-refractivity contribution in [2.24, 2.45) is 0 Å². The summed E-state index contributed by atoms with van der Waals surface area (Å²) in [5.74, 6) is 1.08. The van der Waals surface area contributed by atoms with Crippen LogP contribution in [0.25, 0.3) is 0 Å². The minimum atomic E-state index is 0.231. The van der Waals surface area contributed by atoms with Crippen LogP contribution in [0.1, 0.15) is 42.1 Å². The van der Waals surface area contributed by atoms with E-state index >= 15 is 0 Å². The van der Waals surface area contributed by atoms with Crippen LogP contribution >= 0.6 is 0 Å². The minimum Gasteiger partial charge on any atom is -0.491 e. The Morgan fingerprint density at radius 3 is 2.89 bits per heavy atom. The molecular weight excluding hydrogens is 228 g/mol. The van der Waals surface area contributed by atoms with Crippen molar-refractivity contribution in [1.82, 2.24) is 0 Å². The number of hydrogen-bond acceptors (Lipinski definition) is 3. The minimum absolute atomic E-state index is 0.231. The quantitative estimate of drug-likeness (QED) is 0.696. The zero-order chi connectivity index (χ0) is 12.8. The average Bonchev–Trinajstić information content (AvgIpc) is 2.77. The molecule has 0 spiro atoms. The van der Waals surface area contributed by atoms with Gasteiger partial charge < -0.3 is 9.47 Å². The van der Waals surface area contributed by atoms with Crippen LogP contribution in [-0.2, 0) is 11.2 Å². The highest BCUT2D eigenvalue weighted by molar-refractivity contribution is 6.01. The van der Waals surface area contributed by atoms with Gasteiger partial charge in [0.2, 0.25) is 0 Å². The molecule has 0 saturated heterocycles. The highest BCUT2D eigenvalue weighted by Gasteiger charge is 2.22. The summed E-state index contributed by atoms with van der Waals surface area (Å²) in [7, 11) is 0. The van der Waals surface area contributed by atoms with Gasteiger partial charge >= 0.3 is 0 Å². The van der Waals surface area contributed by atoms with E-state index in [1.165, 1.54) is 0 Å². The first kappa shape index (κ1) is 13.1. The van der Waals surface area contributed by atoms with Gasteiger partial charge in [0.25, 0.3) is 0 Å². The molecule has 0 amide bonds. The number of fused-ring (bicyclic) bond motifs is 1. The third-order valence-electron chi connectivity index (χ3n) is 3.16. The molecule has 1 aromatic carbocycles. The van der Waals surface area contributed by atoms with Gasteiger partial charge in [-0.25, -0.2) is 0 Å². The largest absolute Gasteiger partial charge is 0.491 e. The fraction of sp³-hybridized carbons (Fsp3) is 0.533. The highest BCUT2D eigenvalue weighted by atomic mass is 16.5. The number of ether oxygens (including phenoxy) is 2. The molecule has 1 aliphatic carbocycles. The molecule has 3 heteroatoms. The predicted molar refractivity (Wildman–Crippen MR) is 70.3 cm³/mol. The number of carbonyl (C=O) groups is 1. The van der Waals surface area contributed by atoms with Gasteiger partial charge in [-0.05, 0) is 18.9 Å². The van der Waals surface area contributed by atoms with Crippen molar-refractivity contribution in [2.45, 2.75) is 32.6 Å². The Bertz CT molecular complexity index is 412. The van der Waals surface area contributed by atoms with Crippen molar-refractivity contribution in [3.05, 3.63) is 29.3 Å². The van der Waals surface area contributed by atoms with Crippen LogP contribution in [0, 0.1) is 0 Å². The van der Waals surface area contributed by atoms with E-state index in [4.69, 9.17) is 9.47 Å². The zero-order valence-corrected chi connectivity index (χ0v) is 10.9. The molecule has 98 valence electrons. The molecular formula is C15H20O3. The SMILES string of the molecule is CCCCOCCOc1cccc2c1CCC2=O. The molecule has 0 N–H and O–H groups in total. The van der Waals surface area contributed by atoms with E-state index in [-0.39, 0.29) is 5.78 Å². The first-order valence-electron chi connectivity index (χ1n) is 6.68. The summed E-state index contributed by atoms with van der Waals surface area (Å²) < 4.78 is 11.1. The van der Waals surface area contributed by atoms with Crippen LogP contribution in [0.4, 0.5) is 0 Å². The van der Waals surface area contributed by atoms with E-state index in [9.17, 15) is 4.79 Å². The van der Waals surface area contributed by atoms with Gasteiger partial charge in [0, 0.05) is 24.2 Å². The number of rotatable bonds is 7. The Hall–Kier alpha value is -1.35. The lowest BCUT2D eigenvalue weighted by Gasteiger charge is -2.10. The fourth-order valence-electron chi connectivity index (χ4n) is 2.15. The number of ketones is 1. The van der Waals surface area contributed by atoms with E-state index in [2.05, 4.69) is 6.92 Å². The molecule has 2 rings (SSSR count). The maximum Gasteiger partial charge on any atom is 0.163 e. The summed E-state index contributed by atoms with van der Waals surface area (Å²) in [6.07, 6.45) is 3.66. The zero-order valence-electron chi connectivity index (χ0n) is 10.9. The fourth-order valence-corrected chi connectivity index (χ4v) is 2.15. The van der Waals surface area contributed by atoms with Gasteiger partial charge in [0.15, 0.2) is 5.78 Å². The molecule has 0 fully saturated rings. The van der Waals surface area contributed by atoms with Crippen LogP contribution in [0.2, 0.25) is 0 Å². The second kappa shape index (κ2) is 6.55. The highest BCUT2D eigenvalue weighted by Crippen LogP contribution is 2.30. The first-order valence-corrected chi connectivity index (χ1v) is 6.68. The summed E-state index contributed by atoms with van der Waals surface area (Å²) in [5, 5.41) is 0. The Labute approximate surface area is 108 Å². The lowest BCUT2D eigenvalue weighted by atomic mass is 10.1. The summed E-state index contributed by atoms with van der Waals surface area (Å²) in [6, 6.07) is 5.70. The predicted octanol–water partition coefficient (Wildman–Crippen LogP) is 3.01.